The van der Waals surface area contributed by atoms with E-state index in [1.807, 2.05) is 0 Å². The Morgan fingerprint density at radius 2 is 2.05 bits per heavy atom. The Kier molecular flexibility index (Phi) is 4.52. The summed E-state index contributed by atoms with van der Waals surface area (Å²) in [6.45, 7) is 0. The molecule has 0 aliphatic heterocycles. The van der Waals surface area contributed by atoms with Gasteiger partial charge in [-0.25, -0.2) is 13.1 Å². The molecule has 1 saturated carbocycles. The fourth-order valence-electron chi connectivity index (χ4n) is 2.41. The summed E-state index contributed by atoms with van der Waals surface area (Å²) in [4.78, 5) is 0.0103. The Morgan fingerprint density at radius 1 is 1.35 bits per heavy atom. The Morgan fingerprint density at radius 3 is 2.65 bits per heavy atom. The van der Waals surface area contributed by atoms with Crippen molar-refractivity contribution in [2.45, 2.75) is 42.7 Å². The molecule has 0 amide bonds. The van der Waals surface area contributed by atoms with Crippen LogP contribution in [0.1, 0.15) is 25.7 Å². The van der Waals surface area contributed by atoms with E-state index in [9.17, 15) is 13.5 Å². The first-order chi connectivity index (χ1) is 9.44. The highest BCUT2D eigenvalue weighted by atomic mass is 32.2. The minimum atomic E-state index is -3.74. The number of benzene rings is 1. The molecular formula is C13H20N2O4S. The zero-order valence-electron chi connectivity index (χ0n) is 11.4. The second kappa shape index (κ2) is 5.99. The first kappa shape index (κ1) is 15.1. The van der Waals surface area contributed by atoms with Gasteiger partial charge >= 0.3 is 0 Å². The number of nitrogens with one attached hydrogen (secondary N) is 1. The number of aliphatic hydroxyl groups is 1. The van der Waals surface area contributed by atoms with Crippen LogP contribution in [0, 0.1) is 0 Å². The van der Waals surface area contributed by atoms with Crippen molar-refractivity contribution in [2.75, 3.05) is 12.8 Å². The molecule has 1 aliphatic carbocycles. The van der Waals surface area contributed by atoms with Crippen LogP contribution in [0.5, 0.6) is 5.75 Å². The van der Waals surface area contributed by atoms with E-state index < -0.39 is 22.2 Å². The summed E-state index contributed by atoms with van der Waals surface area (Å²) in [6.07, 6.45) is 2.44. The number of methoxy groups -OCH3 is 1. The number of hydrogen-bond donors (Lipinski definition) is 3. The number of anilines is 1. The standard InChI is InChI=1S/C13H20N2O4S/c1-19-9-6-7-13(10(14)8-9)20(17,18)15-11-4-2-3-5-12(11)16/h6-8,11-12,15-16H,2-5,14H2,1H3. The quantitative estimate of drug-likeness (QED) is 0.716. The zero-order valence-corrected chi connectivity index (χ0v) is 12.2. The molecule has 4 N–H and O–H groups in total. The lowest BCUT2D eigenvalue weighted by Crippen LogP contribution is -2.45. The normalized spacial score (nSPS) is 23.5. The van der Waals surface area contributed by atoms with Crippen LogP contribution in [-0.2, 0) is 10.0 Å². The molecule has 0 bridgehead atoms. The summed E-state index contributed by atoms with van der Waals surface area (Å²) in [7, 11) is -2.25. The lowest BCUT2D eigenvalue weighted by Gasteiger charge is -2.28. The molecule has 1 fully saturated rings. The molecule has 2 atom stereocenters. The predicted molar refractivity (Wildman–Crippen MR) is 76.0 cm³/mol. The van der Waals surface area contributed by atoms with Gasteiger partial charge in [0, 0.05) is 12.1 Å². The molecule has 1 aromatic rings. The first-order valence-corrected chi connectivity index (χ1v) is 8.06. The molecule has 20 heavy (non-hydrogen) atoms. The molecule has 6 nitrogen and oxygen atoms in total. The predicted octanol–water partition coefficient (Wildman–Crippen LogP) is 0.859. The second-order valence-corrected chi connectivity index (χ2v) is 6.67. The number of ether oxygens (including phenoxy) is 1. The fourth-order valence-corrected chi connectivity index (χ4v) is 3.83. The third kappa shape index (κ3) is 3.23. The summed E-state index contributed by atoms with van der Waals surface area (Å²) in [5.74, 6) is 0.499. The first-order valence-electron chi connectivity index (χ1n) is 6.58. The van der Waals surface area contributed by atoms with Crippen LogP contribution in [-0.4, -0.2) is 32.8 Å². The summed E-state index contributed by atoms with van der Waals surface area (Å²) in [5.41, 5.74) is 5.89. The Labute approximate surface area is 119 Å². The lowest BCUT2D eigenvalue weighted by molar-refractivity contribution is 0.101. The number of hydrogen-bond acceptors (Lipinski definition) is 5. The van der Waals surface area contributed by atoms with E-state index in [4.69, 9.17) is 10.5 Å². The summed E-state index contributed by atoms with van der Waals surface area (Å²) in [5, 5.41) is 9.85. The van der Waals surface area contributed by atoms with Gasteiger partial charge in [0.1, 0.15) is 10.6 Å². The van der Waals surface area contributed by atoms with E-state index in [-0.39, 0.29) is 10.6 Å². The van der Waals surface area contributed by atoms with Crippen LogP contribution in [0.25, 0.3) is 0 Å². The maximum atomic E-state index is 12.3. The Hall–Kier alpha value is -1.31. The Balaban J connectivity index is 2.21. The van der Waals surface area contributed by atoms with Crippen LogP contribution < -0.4 is 15.2 Å². The van der Waals surface area contributed by atoms with E-state index in [2.05, 4.69) is 4.72 Å². The molecule has 2 unspecified atom stereocenters. The molecule has 0 spiro atoms. The third-order valence-corrected chi connectivity index (χ3v) is 5.11. The molecule has 0 aromatic heterocycles. The van der Waals surface area contributed by atoms with Crippen LogP contribution in [0.15, 0.2) is 23.1 Å². The highest BCUT2D eigenvalue weighted by molar-refractivity contribution is 7.89. The van der Waals surface area contributed by atoms with Gasteiger partial charge in [0.2, 0.25) is 10.0 Å². The van der Waals surface area contributed by atoms with Gasteiger partial charge in [0.05, 0.1) is 18.9 Å². The molecule has 7 heteroatoms. The van der Waals surface area contributed by atoms with Crippen molar-refractivity contribution in [3.8, 4) is 5.75 Å². The Bertz CT molecular complexity index is 574. The van der Waals surface area contributed by atoms with Gasteiger partial charge in [-0.15, -0.1) is 0 Å². The summed E-state index contributed by atoms with van der Waals surface area (Å²) < 4.78 is 32.2. The van der Waals surface area contributed by atoms with Crippen LogP contribution >= 0.6 is 0 Å². The van der Waals surface area contributed by atoms with Crippen molar-refractivity contribution < 1.29 is 18.3 Å². The second-order valence-electron chi connectivity index (χ2n) is 4.98. The SMILES string of the molecule is COc1ccc(S(=O)(=O)NC2CCCCC2O)c(N)c1. The number of nitrogen functional groups attached to an aromatic ring is 1. The highest BCUT2D eigenvalue weighted by Crippen LogP contribution is 2.25. The maximum Gasteiger partial charge on any atom is 0.242 e. The van der Waals surface area contributed by atoms with Crippen molar-refractivity contribution in [3.05, 3.63) is 18.2 Å². The van der Waals surface area contributed by atoms with E-state index in [0.29, 0.717) is 18.6 Å². The number of rotatable bonds is 4. The van der Waals surface area contributed by atoms with Crippen molar-refractivity contribution in [1.82, 2.24) is 4.72 Å². The molecule has 2 rings (SSSR count). The van der Waals surface area contributed by atoms with Crippen LogP contribution in [0.4, 0.5) is 5.69 Å². The van der Waals surface area contributed by atoms with Gasteiger partial charge in [-0.1, -0.05) is 12.8 Å². The molecule has 0 heterocycles. The number of aliphatic hydroxyl groups excluding tert-OH is 1. The average Bonchev–Trinajstić information content (AvgIpc) is 2.40. The van der Waals surface area contributed by atoms with Gasteiger partial charge < -0.3 is 15.6 Å². The molecular weight excluding hydrogens is 280 g/mol. The van der Waals surface area contributed by atoms with Gasteiger partial charge in [-0.3, -0.25) is 0 Å². The largest absolute Gasteiger partial charge is 0.497 e. The zero-order chi connectivity index (χ0) is 14.8. The van der Waals surface area contributed by atoms with E-state index in [0.717, 1.165) is 12.8 Å². The van der Waals surface area contributed by atoms with Crippen molar-refractivity contribution in [3.63, 3.8) is 0 Å². The molecule has 1 aromatic carbocycles. The van der Waals surface area contributed by atoms with Crippen molar-refractivity contribution in [1.29, 1.82) is 0 Å². The molecule has 112 valence electrons. The average molecular weight is 300 g/mol. The van der Waals surface area contributed by atoms with E-state index >= 15 is 0 Å². The van der Waals surface area contributed by atoms with E-state index in [1.165, 1.54) is 19.2 Å². The summed E-state index contributed by atoms with van der Waals surface area (Å²) >= 11 is 0. The maximum absolute atomic E-state index is 12.3. The molecule has 0 saturated heterocycles. The van der Waals surface area contributed by atoms with Crippen molar-refractivity contribution in [2.24, 2.45) is 0 Å². The van der Waals surface area contributed by atoms with Gasteiger partial charge in [-0.2, -0.15) is 0 Å². The van der Waals surface area contributed by atoms with E-state index in [1.54, 1.807) is 6.07 Å². The van der Waals surface area contributed by atoms with Gasteiger partial charge in [-0.05, 0) is 25.0 Å². The lowest BCUT2D eigenvalue weighted by atomic mass is 9.93. The van der Waals surface area contributed by atoms with Gasteiger partial charge in [0.15, 0.2) is 0 Å². The van der Waals surface area contributed by atoms with Gasteiger partial charge in [0.25, 0.3) is 0 Å². The fraction of sp³-hybridized carbons (Fsp3) is 0.538. The van der Waals surface area contributed by atoms with Crippen LogP contribution in [0.2, 0.25) is 0 Å². The minimum absolute atomic E-state index is 0.0103. The molecule has 0 radical (unpaired) electrons. The monoisotopic (exact) mass is 300 g/mol. The topological polar surface area (TPSA) is 102 Å². The minimum Gasteiger partial charge on any atom is -0.497 e. The van der Waals surface area contributed by atoms with Crippen LogP contribution in [0.3, 0.4) is 0 Å². The summed E-state index contributed by atoms with van der Waals surface area (Å²) in [6, 6.07) is 3.97. The van der Waals surface area contributed by atoms with Crippen molar-refractivity contribution >= 4 is 15.7 Å². The molecule has 1 aliphatic rings. The highest BCUT2D eigenvalue weighted by Gasteiger charge is 2.29. The third-order valence-electron chi connectivity index (χ3n) is 3.54. The smallest absolute Gasteiger partial charge is 0.242 e. The number of sulfonamides is 1. The number of nitrogens with two attached hydrogens (primary N) is 1.